The molecule has 1 N–H and O–H groups in total. The summed E-state index contributed by atoms with van der Waals surface area (Å²) in [4.78, 5) is 11.6. The molecule has 0 spiro atoms. The number of carboxylic acid groups (broad SMARTS) is 1. The number of rotatable bonds is 6. The molecule has 0 bridgehead atoms. The van der Waals surface area contributed by atoms with Crippen LogP contribution in [0.2, 0.25) is 0 Å². The molecule has 0 heterocycles. The summed E-state index contributed by atoms with van der Waals surface area (Å²) in [6.45, 7) is 2.10. The molecule has 1 unspecified atom stereocenters. The molecular weight excluding hydrogens is 264 g/mol. The summed E-state index contributed by atoms with van der Waals surface area (Å²) in [5, 5.41) is 9.51. The van der Waals surface area contributed by atoms with Crippen LogP contribution in [0.3, 0.4) is 0 Å². The standard InChI is InChI=1S/C18H20O3/c1-3-13-7-9-14(10-8-13)11-17(18(19)20)15-5-4-6-16(12-15)21-2/h4-10,12,17H,3,11H2,1-2H3,(H,19,20). The van der Waals surface area contributed by atoms with E-state index in [2.05, 4.69) is 19.1 Å². The van der Waals surface area contributed by atoms with Crippen LogP contribution in [-0.4, -0.2) is 18.2 Å². The van der Waals surface area contributed by atoms with Gasteiger partial charge in [0.05, 0.1) is 13.0 Å². The number of benzene rings is 2. The van der Waals surface area contributed by atoms with Gasteiger partial charge in [0.15, 0.2) is 0 Å². The van der Waals surface area contributed by atoms with Crippen molar-refractivity contribution in [3.8, 4) is 5.75 Å². The van der Waals surface area contributed by atoms with Crippen molar-refractivity contribution in [1.29, 1.82) is 0 Å². The Bertz CT molecular complexity index is 602. The van der Waals surface area contributed by atoms with E-state index in [-0.39, 0.29) is 0 Å². The van der Waals surface area contributed by atoms with Crippen LogP contribution in [-0.2, 0) is 17.6 Å². The fourth-order valence-corrected chi connectivity index (χ4v) is 2.35. The van der Waals surface area contributed by atoms with Gasteiger partial charge in [0.25, 0.3) is 0 Å². The molecule has 21 heavy (non-hydrogen) atoms. The topological polar surface area (TPSA) is 46.5 Å². The van der Waals surface area contributed by atoms with E-state index in [0.717, 1.165) is 17.5 Å². The lowest BCUT2D eigenvalue weighted by Gasteiger charge is -2.14. The van der Waals surface area contributed by atoms with Gasteiger partial charge >= 0.3 is 5.97 Å². The first kappa shape index (κ1) is 15.1. The Kier molecular flexibility index (Phi) is 4.99. The number of hydrogen-bond acceptors (Lipinski definition) is 2. The molecular formula is C18H20O3. The zero-order valence-corrected chi connectivity index (χ0v) is 12.4. The molecule has 0 amide bonds. The maximum Gasteiger partial charge on any atom is 0.311 e. The van der Waals surface area contributed by atoms with Gasteiger partial charge in [-0.25, -0.2) is 0 Å². The SMILES string of the molecule is CCc1ccc(CC(C(=O)O)c2cccc(OC)c2)cc1. The Balaban J connectivity index is 2.23. The third kappa shape index (κ3) is 3.85. The lowest BCUT2D eigenvalue weighted by Crippen LogP contribution is -2.14. The highest BCUT2D eigenvalue weighted by Gasteiger charge is 2.20. The summed E-state index contributed by atoms with van der Waals surface area (Å²) >= 11 is 0. The van der Waals surface area contributed by atoms with E-state index in [0.29, 0.717) is 12.2 Å². The molecule has 0 aliphatic carbocycles. The quantitative estimate of drug-likeness (QED) is 0.880. The summed E-state index contributed by atoms with van der Waals surface area (Å²) in [6, 6.07) is 15.4. The maximum atomic E-state index is 11.6. The third-order valence-corrected chi connectivity index (χ3v) is 3.67. The van der Waals surface area contributed by atoms with Crippen molar-refractivity contribution in [2.45, 2.75) is 25.7 Å². The van der Waals surface area contributed by atoms with Crippen LogP contribution in [0.5, 0.6) is 5.75 Å². The molecule has 110 valence electrons. The fourth-order valence-electron chi connectivity index (χ4n) is 2.35. The van der Waals surface area contributed by atoms with Crippen LogP contribution in [0, 0.1) is 0 Å². The van der Waals surface area contributed by atoms with Crippen LogP contribution in [0.1, 0.15) is 29.5 Å². The second kappa shape index (κ2) is 6.93. The highest BCUT2D eigenvalue weighted by molar-refractivity contribution is 5.76. The third-order valence-electron chi connectivity index (χ3n) is 3.67. The number of aryl methyl sites for hydroxylation is 1. The van der Waals surface area contributed by atoms with E-state index in [9.17, 15) is 9.90 Å². The molecule has 0 aliphatic rings. The summed E-state index contributed by atoms with van der Waals surface area (Å²) in [5.74, 6) is -0.699. The fraction of sp³-hybridized carbons (Fsp3) is 0.278. The molecule has 0 saturated carbocycles. The van der Waals surface area contributed by atoms with Gasteiger partial charge in [0.2, 0.25) is 0 Å². The molecule has 2 aromatic rings. The minimum absolute atomic E-state index is 0.479. The second-order valence-corrected chi connectivity index (χ2v) is 5.04. The van der Waals surface area contributed by atoms with Crippen molar-refractivity contribution < 1.29 is 14.6 Å². The van der Waals surface area contributed by atoms with E-state index >= 15 is 0 Å². The van der Waals surface area contributed by atoms with Crippen LogP contribution in [0.15, 0.2) is 48.5 Å². The highest BCUT2D eigenvalue weighted by atomic mass is 16.5. The highest BCUT2D eigenvalue weighted by Crippen LogP contribution is 2.25. The molecule has 0 aliphatic heterocycles. The first-order valence-electron chi connectivity index (χ1n) is 7.08. The Morgan fingerprint density at radius 3 is 2.38 bits per heavy atom. The van der Waals surface area contributed by atoms with Gasteiger partial charge in [-0.3, -0.25) is 4.79 Å². The Hall–Kier alpha value is -2.29. The number of ether oxygens (including phenoxy) is 1. The zero-order valence-electron chi connectivity index (χ0n) is 12.4. The smallest absolute Gasteiger partial charge is 0.311 e. The molecule has 0 radical (unpaired) electrons. The van der Waals surface area contributed by atoms with Gasteiger partial charge in [0.1, 0.15) is 5.75 Å². The summed E-state index contributed by atoms with van der Waals surface area (Å²) in [5.41, 5.74) is 3.05. The van der Waals surface area contributed by atoms with Gasteiger partial charge in [-0.05, 0) is 41.7 Å². The van der Waals surface area contributed by atoms with E-state index in [1.165, 1.54) is 5.56 Å². The van der Waals surface area contributed by atoms with E-state index in [4.69, 9.17) is 4.74 Å². The van der Waals surface area contributed by atoms with Gasteiger partial charge in [-0.1, -0.05) is 43.3 Å². The van der Waals surface area contributed by atoms with Crippen LogP contribution < -0.4 is 4.74 Å². The average molecular weight is 284 g/mol. The predicted molar refractivity (Wildman–Crippen MR) is 82.9 cm³/mol. The molecule has 0 saturated heterocycles. The minimum atomic E-state index is -0.817. The van der Waals surface area contributed by atoms with Crippen molar-refractivity contribution >= 4 is 5.97 Å². The van der Waals surface area contributed by atoms with Gasteiger partial charge in [0, 0.05) is 0 Å². The second-order valence-electron chi connectivity index (χ2n) is 5.04. The predicted octanol–water partition coefficient (Wildman–Crippen LogP) is 3.67. The van der Waals surface area contributed by atoms with Crippen molar-refractivity contribution in [2.24, 2.45) is 0 Å². The maximum absolute atomic E-state index is 11.6. The number of hydrogen-bond donors (Lipinski definition) is 1. The van der Waals surface area contributed by atoms with Crippen molar-refractivity contribution in [2.75, 3.05) is 7.11 Å². The first-order valence-corrected chi connectivity index (χ1v) is 7.08. The summed E-state index contributed by atoms with van der Waals surface area (Å²) < 4.78 is 5.17. The average Bonchev–Trinajstić information content (AvgIpc) is 2.53. The monoisotopic (exact) mass is 284 g/mol. The lowest BCUT2D eigenvalue weighted by atomic mass is 9.91. The van der Waals surface area contributed by atoms with Gasteiger partial charge in [-0.2, -0.15) is 0 Å². The van der Waals surface area contributed by atoms with Crippen molar-refractivity contribution in [1.82, 2.24) is 0 Å². The molecule has 0 fully saturated rings. The number of carboxylic acids is 1. The van der Waals surface area contributed by atoms with Crippen LogP contribution in [0.25, 0.3) is 0 Å². The van der Waals surface area contributed by atoms with Crippen LogP contribution >= 0.6 is 0 Å². The molecule has 3 heteroatoms. The largest absolute Gasteiger partial charge is 0.497 e. The van der Waals surface area contributed by atoms with Crippen LogP contribution in [0.4, 0.5) is 0 Å². The number of methoxy groups -OCH3 is 1. The van der Waals surface area contributed by atoms with E-state index in [1.807, 2.05) is 30.3 Å². The Morgan fingerprint density at radius 2 is 1.81 bits per heavy atom. The lowest BCUT2D eigenvalue weighted by molar-refractivity contribution is -0.138. The number of aliphatic carboxylic acids is 1. The van der Waals surface area contributed by atoms with E-state index < -0.39 is 11.9 Å². The Labute approximate surface area is 125 Å². The molecule has 2 rings (SSSR count). The van der Waals surface area contributed by atoms with E-state index in [1.54, 1.807) is 13.2 Å². The summed E-state index contributed by atoms with van der Waals surface area (Å²) in [7, 11) is 1.58. The van der Waals surface area contributed by atoms with Crippen molar-refractivity contribution in [3.05, 3.63) is 65.2 Å². The molecule has 3 nitrogen and oxygen atoms in total. The van der Waals surface area contributed by atoms with Gasteiger partial charge in [-0.15, -0.1) is 0 Å². The Morgan fingerprint density at radius 1 is 1.14 bits per heavy atom. The molecule has 2 aromatic carbocycles. The minimum Gasteiger partial charge on any atom is -0.497 e. The number of carbonyl (C=O) groups is 1. The first-order chi connectivity index (χ1) is 10.1. The van der Waals surface area contributed by atoms with Crippen molar-refractivity contribution in [3.63, 3.8) is 0 Å². The zero-order chi connectivity index (χ0) is 15.2. The molecule has 0 aromatic heterocycles. The molecule has 1 atom stereocenters. The normalized spacial score (nSPS) is 11.9. The summed E-state index contributed by atoms with van der Waals surface area (Å²) in [6.07, 6.45) is 1.46. The van der Waals surface area contributed by atoms with Gasteiger partial charge < -0.3 is 9.84 Å².